The number of carbonyl (C=O) groups is 1. The summed E-state index contributed by atoms with van der Waals surface area (Å²) in [5.74, 6) is 0.390. The van der Waals surface area contributed by atoms with Gasteiger partial charge in [0.15, 0.2) is 5.78 Å². The summed E-state index contributed by atoms with van der Waals surface area (Å²) >= 11 is 0. The van der Waals surface area contributed by atoms with Gasteiger partial charge in [-0.1, -0.05) is 54.1 Å². The minimum absolute atomic E-state index is 0.0927. The van der Waals surface area contributed by atoms with Crippen LogP contribution in [0, 0.1) is 12.8 Å². The predicted molar refractivity (Wildman–Crippen MR) is 103 cm³/mol. The lowest BCUT2D eigenvalue weighted by Crippen LogP contribution is -2.45. The van der Waals surface area contributed by atoms with Crippen molar-refractivity contribution in [2.45, 2.75) is 38.2 Å². The molecule has 1 aliphatic heterocycles. The predicted octanol–water partition coefficient (Wildman–Crippen LogP) is 3.72. The van der Waals surface area contributed by atoms with E-state index in [1.807, 2.05) is 30.3 Å². The van der Waals surface area contributed by atoms with Crippen molar-refractivity contribution in [1.82, 2.24) is 4.90 Å². The molecule has 1 unspecified atom stereocenters. The average Bonchev–Trinajstić information content (AvgIpc) is 2.66. The third kappa shape index (κ3) is 3.34. The third-order valence-corrected chi connectivity index (χ3v) is 6.13. The summed E-state index contributed by atoms with van der Waals surface area (Å²) in [5, 5.41) is 11.1. The standard InChI is InChI=1S/C23H27NO2/c1-17-5-4-7-20(15-17)23(26)11-13-24(14-12-23)16-19-10-9-18-6-2-3-8-21(18)22(19)25/h2-8,15,19,26H,9-14,16H2,1H3. The summed E-state index contributed by atoms with van der Waals surface area (Å²) in [6.07, 6.45) is 3.39. The van der Waals surface area contributed by atoms with Gasteiger partial charge in [-0.05, 0) is 43.7 Å². The van der Waals surface area contributed by atoms with Crippen LogP contribution in [0.5, 0.6) is 0 Å². The summed E-state index contributed by atoms with van der Waals surface area (Å²) in [4.78, 5) is 15.2. The second-order valence-electron chi connectivity index (χ2n) is 7.96. The van der Waals surface area contributed by atoms with Crippen LogP contribution in [-0.4, -0.2) is 35.4 Å². The van der Waals surface area contributed by atoms with E-state index >= 15 is 0 Å². The molecule has 136 valence electrons. The molecule has 4 rings (SSSR count). The molecule has 0 radical (unpaired) electrons. The number of benzene rings is 2. The third-order valence-electron chi connectivity index (χ3n) is 6.13. The van der Waals surface area contributed by atoms with Crippen molar-refractivity contribution >= 4 is 5.78 Å². The molecule has 1 heterocycles. The Morgan fingerprint density at radius 3 is 2.65 bits per heavy atom. The Morgan fingerprint density at radius 2 is 1.88 bits per heavy atom. The van der Waals surface area contributed by atoms with Gasteiger partial charge in [-0.15, -0.1) is 0 Å². The van der Waals surface area contributed by atoms with Crippen molar-refractivity contribution in [3.05, 3.63) is 70.8 Å². The number of hydrogen-bond donors (Lipinski definition) is 1. The molecule has 1 atom stereocenters. The zero-order valence-corrected chi connectivity index (χ0v) is 15.4. The van der Waals surface area contributed by atoms with E-state index in [4.69, 9.17) is 0 Å². The topological polar surface area (TPSA) is 40.5 Å². The summed E-state index contributed by atoms with van der Waals surface area (Å²) in [6.45, 7) is 4.57. The van der Waals surface area contributed by atoms with Crippen LogP contribution in [0.25, 0.3) is 0 Å². The maximum absolute atomic E-state index is 12.8. The van der Waals surface area contributed by atoms with Crippen LogP contribution in [0.3, 0.4) is 0 Å². The van der Waals surface area contributed by atoms with E-state index in [1.165, 1.54) is 11.1 Å². The Balaban J connectivity index is 1.39. The molecule has 0 spiro atoms. The number of piperidine rings is 1. The van der Waals surface area contributed by atoms with E-state index in [-0.39, 0.29) is 5.92 Å². The largest absolute Gasteiger partial charge is 0.385 e. The first-order valence-electron chi connectivity index (χ1n) is 9.69. The Bertz CT molecular complexity index is 805. The first-order valence-corrected chi connectivity index (χ1v) is 9.69. The molecule has 2 aromatic carbocycles. The average molecular weight is 349 g/mol. The van der Waals surface area contributed by atoms with Crippen LogP contribution in [0.2, 0.25) is 0 Å². The SMILES string of the molecule is Cc1cccc(C2(O)CCN(CC3CCc4ccccc4C3=O)CC2)c1. The zero-order valence-electron chi connectivity index (χ0n) is 15.4. The van der Waals surface area contributed by atoms with Gasteiger partial charge in [-0.2, -0.15) is 0 Å². The normalized spacial score (nSPS) is 22.8. The number of Topliss-reactive ketones (excluding diaryl/α,β-unsaturated/α-hetero) is 1. The first kappa shape index (κ1) is 17.4. The number of aryl methyl sites for hydroxylation is 2. The lowest BCUT2D eigenvalue weighted by molar-refractivity contribution is -0.0283. The van der Waals surface area contributed by atoms with Gasteiger partial charge in [0, 0.05) is 31.1 Å². The highest BCUT2D eigenvalue weighted by molar-refractivity contribution is 6.00. The molecule has 0 saturated carbocycles. The van der Waals surface area contributed by atoms with E-state index < -0.39 is 5.60 Å². The van der Waals surface area contributed by atoms with Gasteiger partial charge in [-0.3, -0.25) is 4.79 Å². The van der Waals surface area contributed by atoms with Crippen molar-refractivity contribution in [2.24, 2.45) is 5.92 Å². The molecular formula is C23H27NO2. The number of ketones is 1. The van der Waals surface area contributed by atoms with E-state index in [0.29, 0.717) is 5.78 Å². The fourth-order valence-corrected chi connectivity index (χ4v) is 4.47. The van der Waals surface area contributed by atoms with Gasteiger partial charge in [0.2, 0.25) is 0 Å². The monoisotopic (exact) mass is 349 g/mol. The maximum atomic E-state index is 12.8. The van der Waals surface area contributed by atoms with E-state index in [1.54, 1.807) is 0 Å². The van der Waals surface area contributed by atoms with E-state index in [2.05, 4.69) is 30.0 Å². The molecule has 0 bridgehead atoms. The highest BCUT2D eigenvalue weighted by Gasteiger charge is 2.36. The molecule has 0 aromatic heterocycles. The van der Waals surface area contributed by atoms with Crippen LogP contribution in [0.1, 0.15) is 46.3 Å². The quantitative estimate of drug-likeness (QED) is 0.918. The minimum atomic E-state index is -0.730. The minimum Gasteiger partial charge on any atom is -0.385 e. The summed E-state index contributed by atoms with van der Waals surface area (Å²) in [7, 11) is 0. The molecule has 2 aliphatic rings. The summed E-state index contributed by atoms with van der Waals surface area (Å²) < 4.78 is 0. The van der Waals surface area contributed by atoms with Gasteiger partial charge in [0.25, 0.3) is 0 Å². The van der Waals surface area contributed by atoms with Crippen LogP contribution < -0.4 is 0 Å². The van der Waals surface area contributed by atoms with Crippen molar-refractivity contribution in [2.75, 3.05) is 19.6 Å². The molecular weight excluding hydrogens is 322 g/mol. The molecule has 1 N–H and O–H groups in total. The van der Waals surface area contributed by atoms with Crippen molar-refractivity contribution < 1.29 is 9.90 Å². The molecule has 1 fully saturated rings. The number of rotatable bonds is 3. The molecule has 26 heavy (non-hydrogen) atoms. The molecule has 2 aromatic rings. The van der Waals surface area contributed by atoms with Crippen molar-refractivity contribution in [3.8, 4) is 0 Å². The van der Waals surface area contributed by atoms with Crippen molar-refractivity contribution in [1.29, 1.82) is 0 Å². The Kier molecular flexibility index (Phi) is 4.68. The highest BCUT2D eigenvalue weighted by atomic mass is 16.3. The molecule has 3 heteroatoms. The number of likely N-dealkylation sites (tertiary alicyclic amines) is 1. The second-order valence-corrected chi connectivity index (χ2v) is 7.96. The highest BCUT2D eigenvalue weighted by Crippen LogP contribution is 2.34. The van der Waals surface area contributed by atoms with E-state index in [0.717, 1.165) is 56.4 Å². The smallest absolute Gasteiger partial charge is 0.167 e. The van der Waals surface area contributed by atoms with Gasteiger partial charge in [-0.25, -0.2) is 0 Å². The number of hydrogen-bond acceptors (Lipinski definition) is 3. The number of carbonyl (C=O) groups excluding carboxylic acids is 1. The van der Waals surface area contributed by atoms with Crippen LogP contribution >= 0.6 is 0 Å². The lowest BCUT2D eigenvalue weighted by Gasteiger charge is -2.40. The van der Waals surface area contributed by atoms with Crippen molar-refractivity contribution in [3.63, 3.8) is 0 Å². The molecule has 3 nitrogen and oxygen atoms in total. The molecule has 0 amide bonds. The molecule has 1 saturated heterocycles. The Labute approximate surface area is 155 Å². The number of nitrogens with zero attached hydrogens (tertiary/aromatic N) is 1. The van der Waals surface area contributed by atoms with Crippen LogP contribution in [0.15, 0.2) is 48.5 Å². The van der Waals surface area contributed by atoms with Gasteiger partial charge >= 0.3 is 0 Å². The Morgan fingerprint density at radius 1 is 1.12 bits per heavy atom. The number of fused-ring (bicyclic) bond motifs is 1. The maximum Gasteiger partial charge on any atom is 0.167 e. The fourth-order valence-electron chi connectivity index (χ4n) is 4.47. The van der Waals surface area contributed by atoms with Crippen LogP contribution in [0.4, 0.5) is 0 Å². The van der Waals surface area contributed by atoms with Gasteiger partial charge < -0.3 is 10.0 Å². The van der Waals surface area contributed by atoms with E-state index in [9.17, 15) is 9.90 Å². The Hall–Kier alpha value is -1.97. The van der Waals surface area contributed by atoms with Gasteiger partial charge in [0.1, 0.15) is 0 Å². The molecule has 1 aliphatic carbocycles. The second kappa shape index (κ2) is 6.98. The van der Waals surface area contributed by atoms with Gasteiger partial charge in [0.05, 0.1) is 5.60 Å². The van der Waals surface area contributed by atoms with Crippen LogP contribution in [-0.2, 0) is 12.0 Å². The summed E-state index contributed by atoms with van der Waals surface area (Å²) in [6, 6.07) is 16.2. The first-order chi connectivity index (χ1) is 12.5. The number of aliphatic hydroxyl groups is 1. The fraction of sp³-hybridized carbons (Fsp3) is 0.435. The lowest BCUT2D eigenvalue weighted by atomic mass is 9.81. The summed E-state index contributed by atoms with van der Waals surface area (Å²) in [5.41, 5.74) is 3.59. The zero-order chi connectivity index (χ0) is 18.1.